The third-order valence-electron chi connectivity index (χ3n) is 3.80. The van der Waals surface area contributed by atoms with Crippen molar-refractivity contribution >= 4 is 11.3 Å². The molecule has 1 aromatic heterocycles. The van der Waals surface area contributed by atoms with Gasteiger partial charge in [0, 0.05) is 15.8 Å². The lowest BCUT2D eigenvalue weighted by atomic mass is 10.1. The summed E-state index contributed by atoms with van der Waals surface area (Å²) in [5.41, 5.74) is 1.65. The molecule has 0 saturated heterocycles. The van der Waals surface area contributed by atoms with Crippen molar-refractivity contribution < 1.29 is 0 Å². The van der Waals surface area contributed by atoms with Crippen LogP contribution in [0.1, 0.15) is 66.8 Å². The van der Waals surface area contributed by atoms with Crippen LogP contribution in [0.4, 0.5) is 0 Å². The van der Waals surface area contributed by atoms with E-state index in [2.05, 4.69) is 36.7 Å². The van der Waals surface area contributed by atoms with E-state index in [0.717, 1.165) is 0 Å². The minimum Gasteiger partial charge on any atom is -0.312 e. The SMILES string of the molecule is CCCCC(NC)c1cc2c(s1)CCCCC2. The monoisotopic (exact) mass is 251 g/mol. The molecule has 0 amide bonds. The predicted octanol–water partition coefficient (Wildman–Crippen LogP) is 4.47. The maximum Gasteiger partial charge on any atom is 0.0412 e. The first-order chi connectivity index (χ1) is 8.35. The zero-order valence-corrected chi connectivity index (χ0v) is 12.0. The van der Waals surface area contributed by atoms with Crippen molar-refractivity contribution in [1.29, 1.82) is 0 Å². The van der Waals surface area contributed by atoms with Gasteiger partial charge in [-0.15, -0.1) is 11.3 Å². The van der Waals surface area contributed by atoms with Crippen LogP contribution in [-0.4, -0.2) is 7.05 Å². The molecular formula is C15H25NS. The van der Waals surface area contributed by atoms with Crippen molar-refractivity contribution in [3.05, 3.63) is 21.4 Å². The lowest BCUT2D eigenvalue weighted by molar-refractivity contribution is 0.530. The first-order valence-corrected chi connectivity index (χ1v) is 7.95. The van der Waals surface area contributed by atoms with Gasteiger partial charge in [-0.25, -0.2) is 0 Å². The zero-order valence-electron chi connectivity index (χ0n) is 11.2. The van der Waals surface area contributed by atoms with Crippen LogP contribution in [0.3, 0.4) is 0 Å². The van der Waals surface area contributed by atoms with Crippen molar-refractivity contribution in [1.82, 2.24) is 5.32 Å². The zero-order chi connectivity index (χ0) is 12.1. The van der Waals surface area contributed by atoms with Crippen LogP contribution in [0.25, 0.3) is 0 Å². The van der Waals surface area contributed by atoms with E-state index in [1.165, 1.54) is 51.4 Å². The number of fused-ring (bicyclic) bond motifs is 1. The van der Waals surface area contributed by atoms with Crippen LogP contribution < -0.4 is 5.32 Å². The van der Waals surface area contributed by atoms with Crippen molar-refractivity contribution in [3.8, 4) is 0 Å². The number of aryl methyl sites for hydroxylation is 2. The quantitative estimate of drug-likeness (QED) is 0.761. The molecule has 0 radical (unpaired) electrons. The van der Waals surface area contributed by atoms with Crippen LogP contribution in [-0.2, 0) is 12.8 Å². The fraction of sp³-hybridized carbons (Fsp3) is 0.733. The van der Waals surface area contributed by atoms with E-state index < -0.39 is 0 Å². The minimum absolute atomic E-state index is 0.590. The number of unbranched alkanes of at least 4 members (excludes halogenated alkanes) is 1. The number of hydrogen-bond donors (Lipinski definition) is 1. The summed E-state index contributed by atoms with van der Waals surface area (Å²) in [6.45, 7) is 2.27. The smallest absolute Gasteiger partial charge is 0.0412 e. The molecule has 1 unspecified atom stereocenters. The van der Waals surface area contributed by atoms with Crippen LogP contribution in [0, 0.1) is 0 Å². The molecule has 1 aromatic rings. The van der Waals surface area contributed by atoms with Gasteiger partial charge in [-0.1, -0.05) is 26.2 Å². The average Bonchev–Trinajstić information content (AvgIpc) is 2.61. The van der Waals surface area contributed by atoms with Crippen molar-refractivity contribution in [2.75, 3.05) is 7.05 Å². The molecule has 17 heavy (non-hydrogen) atoms. The molecule has 0 aromatic carbocycles. The highest BCUT2D eigenvalue weighted by molar-refractivity contribution is 7.12. The van der Waals surface area contributed by atoms with Crippen molar-refractivity contribution in [2.24, 2.45) is 0 Å². The van der Waals surface area contributed by atoms with Gasteiger partial charge in [0.1, 0.15) is 0 Å². The second-order valence-electron chi connectivity index (χ2n) is 5.14. The molecule has 0 fully saturated rings. The van der Waals surface area contributed by atoms with E-state index in [0.29, 0.717) is 6.04 Å². The van der Waals surface area contributed by atoms with Crippen molar-refractivity contribution in [3.63, 3.8) is 0 Å². The van der Waals surface area contributed by atoms with Gasteiger partial charge in [-0.2, -0.15) is 0 Å². The maximum absolute atomic E-state index is 3.49. The Bertz CT molecular complexity index is 319. The highest BCUT2D eigenvalue weighted by atomic mass is 32.1. The molecule has 1 aliphatic carbocycles. The van der Waals surface area contributed by atoms with Gasteiger partial charge < -0.3 is 5.32 Å². The summed E-state index contributed by atoms with van der Waals surface area (Å²) in [7, 11) is 2.10. The second-order valence-corrected chi connectivity index (χ2v) is 6.31. The lowest BCUT2D eigenvalue weighted by Gasteiger charge is -2.13. The second kappa shape index (κ2) is 6.55. The molecule has 2 rings (SSSR count). The Morgan fingerprint density at radius 1 is 1.29 bits per heavy atom. The molecule has 0 aliphatic heterocycles. The van der Waals surface area contributed by atoms with Crippen LogP contribution in [0.5, 0.6) is 0 Å². The minimum atomic E-state index is 0.590. The van der Waals surface area contributed by atoms with Gasteiger partial charge in [-0.3, -0.25) is 0 Å². The van der Waals surface area contributed by atoms with E-state index >= 15 is 0 Å². The Hall–Kier alpha value is -0.340. The van der Waals surface area contributed by atoms with E-state index in [1.54, 1.807) is 15.3 Å². The predicted molar refractivity (Wildman–Crippen MR) is 76.9 cm³/mol. The molecule has 0 saturated carbocycles. The fourth-order valence-corrected chi connectivity index (χ4v) is 4.10. The third kappa shape index (κ3) is 3.32. The molecular weight excluding hydrogens is 226 g/mol. The molecule has 0 spiro atoms. The topological polar surface area (TPSA) is 12.0 Å². The summed E-state index contributed by atoms with van der Waals surface area (Å²) >= 11 is 2.07. The summed E-state index contributed by atoms with van der Waals surface area (Å²) in [6.07, 6.45) is 10.8. The summed E-state index contributed by atoms with van der Waals surface area (Å²) < 4.78 is 0. The summed E-state index contributed by atoms with van der Waals surface area (Å²) in [4.78, 5) is 3.25. The van der Waals surface area contributed by atoms with Gasteiger partial charge in [0.05, 0.1) is 0 Å². The Balaban J connectivity index is 2.09. The highest BCUT2D eigenvalue weighted by Gasteiger charge is 2.16. The Kier molecular flexibility index (Phi) is 5.05. The van der Waals surface area contributed by atoms with E-state index in [9.17, 15) is 0 Å². The molecule has 1 atom stereocenters. The Labute approximate surface area is 110 Å². The third-order valence-corrected chi connectivity index (χ3v) is 5.15. The number of rotatable bonds is 5. The van der Waals surface area contributed by atoms with Gasteiger partial charge in [-0.05, 0) is 50.8 Å². The van der Waals surface area contributed by atoms with Crippen LogP contribution in [0.15, 0.2) is 6.07 Å². The number of thiophene rings is 1. The summed E-state index contributed by atoms with van der Waals surface area (Å²) in [5, 5.41) is 3.49. The molecule has 1 aliphatic rings. The van der Waals surface area contributed by atoms with Gasteiger partial charge >= 0.3 is 0 Å². The van der Waals surface area contributed by atoms with Crippen LogP contribution >= 0.6 is 11.3 Å². The Morgan fingerprint density at radius 3 is 2.88 bits per heavy atom. The number of nitrogens with one attached hydrogen (secondary N) is 1. The first-order valence-electron chi connectivity index (χ1n) is 7.14. The van der Waals surface area contributed by atoms with E-state index in [4.69, 9.17) is 0 Å². The molecule has 1 heterocycles. The lowest BCUT2D eigenvalue weighted by Crippen LogP contribution is -2.14. The summed E-state index contributed by atoms with van der Waals surface area (Å²) in [6, 6.07) is 3.08. The Morgan fingerprint density at radius 2 is 2.12 bits per heavy atom. The summed E-state index contributed by atoms with van der Waals surface area (Å²) in [5.74, 6) is 0. The largest absolute Gasteiger partial charge is 0.312 e. The highest BCUT2D eigenvalue weighted by Crippen LogP contribution is 2.33. The maximum atomic E-state index is 3.49. The molecule has 1 nitrogen and oxygen atoms in total. The fourth-order valence-electron chi connectivity index (χ4n) is 2.70. The van der Waals surface area contributed by atoms with Gasteiger partial charge in [0.2, 0.25) is 0 Å². The molecule has 0 bridgehead atoms. The first kappa shape index (κ1) is 13.1. The van der Waals surface area contributed by atoms with E-state index in [-0.39, 0.29) is 0 Å². The standard InChI is InChI=1S/C15H25NS/c1-3-4-9-13(16-2)15-11-12-8-6-5-7-10-14(12)17-15/h11,13,16H,3-10H2,1-2H3. The molecule has 1 N–H and O–H groups in total. The molecule has 2 heteroatoms. The average molecular weight is 251 g/mol. The van der Waals surface area contributed by atoms with Crippen LogP contribution in [0.2, 0.25) is 0 Å². The van der Waals surface area contributed by atoms with Gasteiger partial charge in [0.15, 0.2) is 0 Å². The number of hydrogen-bond acceptors (Lipinski definition) is 2. The molecule has 96 valence electrons. The van der Waals surface area contributed by atoms with Gasteiger partial charge in [0.25, 0.3) is 0 Å². The van der Waals surface area contributed by atoms with Crippen molar-refractivity contribution in [2.45, 2.75) is 64.3 Å². The van der Waals surface area contributed by atoms with E-state index in [1.807, 2.05) is 0 Å². The normalized spacial score (nSPS) is 17.5.